The van der Waals surface area contributed by atoms with Crippen molar-refractivity contribution in [2.24, 2.45) is 11.8 Å². The Morgan fingerprint density at radius 3 is 2.31 bits per heavy atom. The van der Waals surface area contributed by atoms with Crippen molar-refractivity contribution in [3.05, 3.63) is 64.2 Å². The summed E-state index contributed by atoms with van der Waals surface area (Å²) in [6.07, 6.45) is -1.30. The summed E-state index contributed by atoms with van der Waals surface area (Å²) in [4.78, 5) is 0. The summed E-state index contributed by atoms with van der Waals surface area (Å²) in [5.41, 5.74) is 2.55. The first-order valence-electron chi connectivity index (χ1n) is 11.3. The Kier molecular flexibility index (Phi) is 6.18. The largest absolute Gasteiger partial charge is 0.490 e. The third kappa shape index (κ3) is 4.40. The van der Waals surface area contributed by atoms with Crippen LogP contribution in [0.1, 0.15) is 42.1 Å². The number of halogens is 1. The molecule has 3 aliphatic rings. The van der Waals surface area contributed by atoms with Gasteiger partial charge in [0.05, 0.1) is 12.7 Å². The van der Waals surface area contributed by atoms with Crippen LogP contribution in [-0.4, -0.2) is 57.6 Å². The Hall–Kier alpha value is -1.67. The van der Waals surface area contributed by atoms with E-state index >= 15 is 0 Å². The molecule has 2 unspecified atom stereocenters. The fourth-order valence-electron chi connectivity index (χ4n) is 5.14. The first-order valence-corrected chi connectivity index (χ1v) is 11.6. The average Bonchev–Trinajstić information content (AvgIpc) is 3.41. The highest BCUT2D eigenvalue weighted by Gasteiger charge is 2.47. The monoisotopic (exact) mass is 460 g/mol. The number of rotatable bonds is 6. The molecular formula is C25H29ClO6. The van der Waals surface area contributed by atoms with E-state index in [-0.39, 0.29) is 0 Å². The molecule has 2 aromatic carbocycles. The zero-order valence-corrected chi connectivity index (χ0v) is 18.4. The molecule has 1 heterocycles. The molecular weight excluding hydrogens is 432 g/mol. The Morgan fingerprint density at radius 2 is 1.62 bits per heavy atom. The quantitative estimate of drug-likeness (QED) is 0.529. The smallest absolute Gasteiger partial charge is 0.119 e. The van der Waals surface area contributed by atoms with Crippen LogP contribution >= 0.6 is 11.6 Å². The summed E-state index contributed by atoms with van der Waals surface area (Å²) < 4.78 is 11.8. The van der Waals surface area contributed by atoms with Crippen LogP contribution in [0.15, 0.2) is 42.5 Å². The van der Waals surface area contributed by atoms with Crippen molar-refractivity contribution >= 4 is 11.6 Å². The van der Waals surface area contributed by atoms with Crippen LogP contribution in [0.2, 0.25) is 5.02 Å². The molecule has 5 rings (SSSR count). The third-order valence-electron chi connectivity index (χ3n) is 7.11. The number of aliphatic hydroxyl groups excluding tert-OH is 4. The predicted octanol–water partition coefficient (Wildman–Crippen LogP) is 2.62. The number of hydrogen-bond acceptors (Lipinski definition) is 6. The number of benzene rings is 2. The molecule has 6 nitrogen and oxygen atoms in total. The van der Waals surface area contributed by atoms with Crippen LogP contribution in [0.3, 0.4) is 0 Å². The molecule has 3 fully saturated rings. The summed E-state index contributed by atoms with van der Waals surface area (Å²) in [7, 11) is 0. The first kappa shape index (κ1) is 22.1. The SMILES string of the molecule is OC[C@H]1OC(c2ccc(Cl)c(Cc3ccc(O[C@H]4C[C@@H]5C[C@@H]5C4)cc3)c2)C(O)[C@@H](O)[C@@H]1O. The Morgan fingerprint density at radius 1 is 0.906 bits per heavy atom. The fraction of sp³-hybridized carbons (Fsp3) is 0.520. The van der Waals surface area contributed by atoms with E-state index in [4.69, 9.17) is 21.1 Å². The molecule has 0 spiro atoms. The second-order valence-corrected chi connectivity index (χ2v) is 9.80. The highest BCUT2D eigenvalue weighted by atomic mass is 35.5. The van der Waals surface area contributed by atoms with Crippen molar-refractivity contribution in [1.82, 2.24) is 0 Å². The topological polar surface area (TPSA) is 99.4 Å². The highest BCUT2D eigenvalue weighted by Crippen LogP contribution is 2.52. The standard InChI is InChI=1S/C25H29ClO6/c26-20-6-3-14(25-24(30)23(29)22(28)21(12-27)32-25)8-17(20)7-13-1-4-18(5-2-13)31-19-10-15-9-16(15)11-19/h1-6,8,15-16,19,21-25,27-30H,7,9-12H2/t15-,16+,19-,21-,22-,23+,24?,25?/m1/s1. The van der Waals surface area contributed by atoms with Crippen molar-refractivity contribution in [3.8, 4) is 5.75 Å². The molecule has 0 aromatic heterocycles. The van der Waals surface area contributed by atoms with Gasteiger partial charge in [0.2, 0.25) is 0 Å². The van der Waals surface area contributed by atoms with Gasteiger partial charge in [-0.3, -0.25) is 0 Å². The number of ether oxygens (including phenoxy) is 2. The maximum absolute atomic E-state index is 10.4. The minimum Gasteiger partial charge on any atom is -0.490 e. The van der Waals surface area contributed by atoms with Crippen molar-refractivity contribution < 1.29 is 29.9 Å². The average molecular weight is 461 g/mol. The molecule has 4 N–H and O–H groups in total. The van der Waals surface area contributed by atoms with Gasteiger partial charge < -0.3 is 29.9 Å². The van der Waals surface area contributed by atoms with Gasteiger partial charge in [0.1, 0.15) is 36.3 Å². The summed E-state index contributed by atoms with van der Waals surface area (Å²) in [6.45, 7) is -0.460. The molecule has 0 amide bonds. The van der Waals surface area contributed by atoms with Crippen LogP contribution in [0.4, 0.5) is 0 Å². The summed E-state index contributed by atoms with van der Waals surface area (Å²) >= 11 is 6.43. The van der Waals surface area contributed by atoms with Gasteiger partial charge in [-0.25, -0.2) is 0 Å². The molecule has 0 bridgehead atoms. The maximum Gasteiger partial charge on any atom is 0.119 e. The van der Waals surface area contributed by atoms with Crippen molar-refractivity contribution in [2.45, 2.75) is 62.3 Å². The van der Waals surface area contributed by atoms with E-state index in [2.05, 4.69) is 0 Å². The van der Waals surface area contributed by atoms with E-state index in [1.807, 2.05) is 30.3 Å². The Labute approximate surface area is 192 Å². The van der Waals surface area contributed by atoms with Crippen LogP contribution in [0, 0.1) is 11.8 Å². The molecule has 8 atom stereocenters. The summed E-state index contributed by atoms with van der Waals surface area (Å²) in [5, 5.41) is 40.6. The molecule has 1 saturated heterocycles. The van der Waals surface area contributed by atoms with Crippen molar-refractivity contribution in [3.63, 3.8) is 0 Å². The Balaban J connectivity index is 1.28. The van der Waals surface area contributed by atoms with Gasteiger partial charge in [-0.05, 0) is 72.4 Å². The Bertz CT molecular complexity index is 938. The molecule has 2 aromatic rings. The third-order valence-corrected chi connectivity index (χ3v) is 7.48. The number of hydrogen-bond donors (Lipinski definition) is 4. The molecule has 172 valence electrons. The molecule has 2 saturated carbocycles. The summed E-state index contributed by atoms with van der Waals surface area (Å²) in [6, 6.07) is 13.3. The lowest BCUT2D eigenvalue weighted by Gasteiger charge is -2.40. The van der Waals surface area contributed by atoms with Gasteiger partial charge in [-0.15, -0.1) is 0 Å². The zero-order valence-electron chi connectivity index (χ0n) is 17.7. The second-order valence-electron chi connectivity index (χ2n) is 9.39. The predicted molar refractivity (Wildman–Crippen MR) is 119 cm³/mol. The van der Waals surface area contributed by atoms with E-state index in [1.54, 1.807) is 12.1 Å². The van der Waals surface area contributed by atoms with Gasteiger partial charge in [-0.2, -0.15) is 0 Å². The van der Waals surface area contributed by atoms with Gasteiger partial charge >= 0.3 is 0 Å². The maximum atomic E-state index is 10.4. The minimum atomic E-state index is -1.41. The van der Waals surface area contributed by atoms with Crippen LogP contribution < -0.4 is 4.74 Å². The van der Waals surface area contributed by atoms with Gasteiger partial charge in [0, 0.05) is 5.02 Å². The lowest BCUT2D eigenvalue weighted by Crippen LogP contribution is -2.55. The zero-order chi connectivity index (χ0) is 22.4. The summed E-state index contributed by atoms with van der Waals surface area (Å²) in [5.74, 6) is 2.66. The van der Waals surface area contributed by atoms with E-state index in [1.165, 1.54) is 19.3 Å². The minimum absolute atomic E-state index is 0.342. The van der Waals surface area contributed by atoms with E-state index in [9.17, 15) is 20.4 Å². The fourth-order valence-corrected chi connectivity index (χ4v) is 5.32. The van der Waals surface area contributed by atoms with Gasteiger partial charge in [0.15, 0.2) is 0 Å². The molecule has 2 aliphatic carbocycles. The second kappa shape index (κ2) is 8.93. The molecule has 7 heteroatoms. The lowest BCUT2D eigenvalue weighted by atomic mass is 9.90. The lowest BCUT2D eigenvalue weighted by molar-refractivity contribution is -0.231. The van der Waals surface area contributed by atoms with Gasteiger partial charge in [0.25, 0.3) is 0 Å². The van der Waals surface area contributed by atoms with Gasteiger partial charge in [-0.1, -0.05) is 35.9 Å². The molecule has 1 aliphatic heterocycles. The van der Waals surface area contributed by atoms with E-state index in [0.29, 0.717) is 23.1 Å². The normalized spacial score (nSPS) is 36.0. The van der Waals surface area contributed by atoms with E-state index in [0.717, 1.165) is 28.7 Å². The van der Waals surface area contributed by atoms with E-state index < -0.39 is 37.1 Å². The van der Waals surface area contributed by atoms with Crippen molar-refractivity contribution in [2.75, 3.05) is 6.61 Å². The first-order chi connectivity index (χ1) is 15.4. The van der Waals surface area contributed by atoms with Crippen LogP contribution in [0.5, 0.6) is 5.75 Å². The highest BCUT2D eigenvalue weighted by molar-refractivity contribution is 6.31. The number of fused-ring (bicyclic) bond motifs is 1. The molecule has 0 radical (unpaired) electrons. The van der Waals surface area contributed by atoms with Crippen LogP contribution in [-0.2, 0) is 11.2 Å². The molecule has 32 heavy (non-hydrogen) atoms. The van der Waals surface area contributed by atoms with Crippen molar-refractivity contribution in [1.29, 1.82) is 0 Å². The number of aliphatic hydroxyl groups is 4. The van der Waals surface area contributed by atoms with Crippen LogP contribution in [0.25, 0.3) is 0 Å².